The van der Waals surface area contributed by atoms with Gasteiger partial charge in [-0.25, -0.2) is 0 Å². The fourth-order valence-electron chi connectivity index (χ4n) is 1.65. The molecule has 0 aliphatic rings. The number of rotatable bonds is 6. The lowest BCUT2D eigenvalue weighted by Gasteiger charge is -2.12. The van der Waals surface area contributed by atoms with Gasteiger partial charge < -0.3 is 10.1 Å². The monoisotopic (exact) mass is 404 g/mol. The van der Waals surface area contributed by atoms with Crippen molar-refractivity contribution in [2.75, 3.05) is 20.7 Å². The summed E-state index contributed by atoms with van der Waals surface area (Å²) in [5.74, 6) is 0.622. The second kappa shape index (κ2) is 8.42. The standard InChI is InChI=1S/C14H18Br2N2O2/c1-4-5-20-13-10(15)6-9(7-11(13)16)8-12(17-2)14(19)18-3/h6-7H,4-5,8H2,1-3H3,(H,18,19). The van der Waals surface area contributed by atoms with Crippen LogP contribution in [0, 0.1) is 0 Å². The van der Waals surface area contributed by atoms with Crippen LogP contribution < -0.4 is 10.1 Å². The van der Waals surface area contributed by atoms with Crippen LogP contribution in [0.15, 0.2) is 26.1 Å². The lowest BCUT2D eigenvalue weighted by atomic mass is 10.1. The molecule has 0 saturated heterocycles. The molecule has 0 bridgehead atoms. The number of nitrogens with zero attached hydrogens (tertiary/aromatic N) is 1. The Hall–Kier alpha value is -0.880. The van der Waals surface area contributed by atoms with E-state index in [1.165, 1.54) is 0 Å². The van der Waals surface area contributed by atoms with Gasteiger partial charge in [0.2, 0.25) is 0 Å². The van der Waals surface area contributed by atoms with Crippen LogP contribution in [-0.4, -0.2) is 32.3 Å². The number of aliphatic imine (C=N–C) groups is 1. The molecule has 0 saturated carbocycles. The van der Waals surface area contributed by atoms with Crippen LogP contribution in [0.3, 0.4) is 0 Å². The number of carbonyl (C=O) groups is 1. The van der Waals surface area contributed by atoms with E-state index in [4.69, 9.17) is 4.74 Å². The van der Waals surface area contributed by atoms with Crippen molar-refractivity contribution >= 4 is 43.5 Å². The molecule has 0 radical (unpaired) electrons. The number of ether oxygens (including phenoxy) is 1. The number of hydrogen-bond donors (Lipinski definition) is 1. The Morgan fingerprint density at radius 3 is 2.40 bits per heavy atom. The largest absolute Gasteiger partial charge is 0.491 e. The molecule has 0 heterocycles. The normalized spacial score (nSPS) is 11.3. The maximum atomic E-state index is 11.6. The van der Waals surface area contributed by atoms with E-state index in [-0.39, 0.29) is 5.91 Å². The maximum Gasteiger partial charge on any atom is 0.265 e. The van der Waals surface area contributed by atoms with Gasteiger partial charge in [-0.15, -0.1) is 0 Å². The molecule has 1 rings (SSSR count). The summed E-state index contributed by atoms with van der Waals surface area (Å²) in [7, 11) is 3.22. The van der Waals surface area contributed by atoms with Crippen LogP contribution in [0.4, 0.5) is 0 Å². The van der Waals surface area contributed by atoms with Crippen LogP contribution in [0.2, 0.25) is 0 Å². The van der Waals surface area contributed by atoms with Gasteiger partial charge >= 0.3 is 0 Å². The van der Waals surface area contributed by atoms with Crippen LogP contribution >= 0.6 is 31.9 Å². The molecule has 0 fully saturated rings. The van der Waals surface area contributed by atoms with Gasteiger partial charge in [-0.05, 0) is 56.0 Å². The van der Waals surface area contributed by atoms with E-state index in [1.54, 1.807) is 14.1 Å². The highest BCUT2D eigenvalue weighted by atomic mass is 79.9. The second-order valence-corrected chi connectivity index (χ2v) is 5.87. The molecular weight excluding hydrogens is 388 g/mol. The van der Waals surface area contributed by atoms with Gasteiger partial charge in [0.25, 0.3) is 5.91 Å². The molecule has 0 aliphatic heterocycles. The molecule has 1 aromatic rings. The highest BCUT2D eigenvalue weighted by molar-refractivity contribution is 9.11. The number of nitrogens with one attached hydrogen (secondary N) is 1. The molecule has 1 N–H and O–H groups in total. The Morgan fingerprint density at radius 2 is 1.95 bits per heavy atom. The maximum absolute atomic E-state index is 11.6. The average molecular weight is 406 g/mol. The average Bonchev–Trinajstić information content (AvgIpc) is 2.43. The highest BCUT2D eigenvalue weighted by Gasteiger charge is 2.13. The van der Waals surface area contributed by atoms with E-state index in [9.17, 15) is 4.79 Å². The predicted octanol–water partition coefficient (Wildman–Crippen LogP) is 3.36. The molecule has 0 spiro atoms. The quantitative estimate of drug-likeness (QED) is 0.737. The number of benzene rings is 1. The minimum absolute atomic E-state index is 0.161. The zero-order valence-corrected chi connectivity index (χ0v) is 15.0. The summed E-state index contributed by atoms with van der Waals surface area (Å²) < 4.78 is 7.40. The molecule has 110 valence electrons. The zero-order valence-electron chi connectivity index (χ0n) is 11.8. The van der Waals surface area contributed by atoms with Gasteiger partial charge in [0.15, 0.2) is 0 Å². The molecule has 4 nitrogen and oxygen atoms in total. The Bertz CT molecular complexity index is 493. The SMILES string of the molecule is CCCOc1c(Br)cc(CC(=NC)C(=O)NC)cc1Br. The molecule has 0 aromatic heterocycles. The Morgan fingerprint density at radius 1 is 1.35 bits per heavy atom. The van der Waals surface area contributed by atoms with Crippen molar-refractivity contribution in [1.82, 2.24) is 5.32 Å². The second-order valence-electron chi connectivity index (χ2n) is 4.16. The van der Waals surface area contributed by atoms with E-state index in [0.29, 0.717) is 18.7 Å². The van der Waals surface area contributed by atoms with Crippen LogP contribution in [0.5, 0.6) is 5.75 Å². The Labute approximate surface area is 136 Å². The van der Waals surface area contributed by atoms with Crippen molar-refractivity contribution < 1.29 is 9.53 Å². The van der Waals surface area contributed by atoms with Crippen LogP contribution in [-0.2, 0) is 11.2 Å². The summed E-state index contributed by atoms with van der Waals surface area (Å²) in [5, 5.41) is 2.59. The predicted molar refractivity (Wildman–Crippen MR) is 88.8 cm³/mol. The lowest BCUT2D eigenvalue weighted by molar-refractivity contribution is -0.114. The highest BCUT2D eigenvalue weighted by Crippen LogP contribution is 2.35. The topological polar surface area (TPSA) is 50.7 Å². The number of halogens is 2. The van der Waals surface area contributed by atoms with Crippen molar-refractivity contribution in [3.05, 3.63) is 26.6 Å². The first-order valence-electron chi connectivity index (χ1n) is 6.31. The molecule has 0 atom stereocenters. The molecular formula is C14H18Br2N2O2. The van der Waals surface area contributed by atoms with E-state index in [2.05, 4.69) is 49.1 Å². The number of hydrogen-bond acceptors (Lipinski definition) is 3. The third-order valence-electron chi connectivity index (χ3n) is 2.64. The lowest BCUT2D eigenvalue weighted by Crippen LogP contribution is -2.29. The first-order valence-corrected chi connectivity index (χ1v) is 7.90. The van der Waals surface area contributed by atoms with Gasteiger partial charge in [-0.3, -0.25) is 9.79 Å². The van der Waals surface area contributed by atoms with Crippen LogP contribution in [0.25, 0.3) is 0 Å². The summed E-state index contributed by atoms with van der Waals surface area (Å²) in [5.41, 5.74) is 1.48. The molecule has 6 heteroatoms. The molecule has 1 aromatic carbocycles. The van der Waals surface area contributed by atoms with Gasteiger partial charge in [-0.2, -0.15) is 0 Å². The summed E-state index contributed by atoms with van der Waals surface area (Å²) in [4.78, 5) is 15.7. The molecule has 1 amide bonds. The van der Waals surface area contributed by atoms with Gasteiger partial charge in [0.1, 0.15) is 11.5 Å². The van der Waals surface area contributed by atoms with E-state index in [0.717, 1.165) is 26.7 Å². The van der Waals surface area contributed by atoms with Crippen molar-refractivity contribution in [3.63, 3.8) is 0 Å². The minimum Gasteiger partial charge on any atom is -0.491 e. The first-order chi connectivity index (χ1) is 9.53. The number of carbonyl (C=O) groups excluding carboxylic acids is 1. The van der Waals surface area contributed by atoms with E-state index in [1.807, 2.05) is 12.1 Å². The zero-order chi connectivity index (χ0) is 15.1. The first kappa shape index (κ1) is 17.2. The fraction of sp³-hybridized carbons (Fsp3) is 0.429. The molecule has 20 heavy (non-hydrogen) atoms. The summed E-state index contributed by atoms with van der Waals surface area (Å²) in [6, 6.07) is 3.90. The van der Waals surface area contributed by atoms with E-state index < -0.39 is 0 Å². The number of amides is 1. The molecule has 0 aliphatic carbocycles. The molecule has 0 unspecified atom stereocenters. The third kappa shape index (κ3) is 4.59. The van der Waals surface area contributed by atoms with Crippen molar-refractivity contribution in [2.45, 2.75) is 19.8 Å². The smallest absolute Gasteiger partial charge is 0.265 e. The van der Waals surface area contributed by atoms with Crippen LogP contribution in [0.1, 0.15) is 18.9 Å². The van der Waals surface area contributed by atoms with Crippen molar-refractivity contribution in [2.24, 2.45) is 4.99 Å². The Kier molecular flexibility index (Phi) is 7.23. The van der Waals surface area contributed by atoms with E-state index >= 15 is 0 Å². The fourth-order valence-corrected chi connectivity index (χ4v) is 3.17. The van der Waals surface area contributed by atoms with Crippen molar-refractivity contribution in [1.29, 1.82) is 0 Å². The summed E-state index contributed by atoms with van der Waals surface area (Å²) in [6.45, 7) is 2.72. The minimum atomic E-state index is -0.161. The van der Waals surface area contributed by atoms with Gasteiger partial charge in [-0.1, -0.05) is 6.92 Å². The summed E-state index contributed by atoms with van der Waals surface area (Å²) in [6.07, 6.45) is 1.42. The van der Waals surface area contributed by atoms with Crippen molar-refractivity contribution in [3.8, 4) is 5.75 Å². The van der Waals surface area contributed by atoms with Gasteiger partial charge in [0.05, 0.1) is 15.6 Å². The van der Waals surface area contributed by atoms with Gasteiger partial charge in [0, 0.05) is 20.5 Å². The summed E-state index contributed by atoms with van der Waals surface area (Å²) >= 11 is 7.00. The Balaban J connectivity index is 2.96. The third-order valence-corrected chi connectivity index (χ3v) is 3.82.